The molecular formula is C12H15ClN2O. The molecule has 4 heteroatoms. The fraction of sp³-hybridized carbons (Fsp3) is 0.417. The van der Waals surface area contributed by atoms with Crippen LogP contribution in [0.3, 0.4) is 0 Å². The van der Waals surface area contributed by atoms with E-state index in [0.29, 0.717) is 10.9 Å². The highest BCUT2D eigenvalue weighted by molar-refractivity contribution is 6.31. The van der Waals surface area contributed by atoms with Gasteiger partial charge in [-0.15, -0.1) is 0 Å². The number of nitrogens with one attached hydrogen (secondary N) is 1. The van der Waals surface area contributed by atoms with Gasteiger partial charge in [-0.05, 0) is 31.0 Å². The van der Waals surface area contributed by atoms with Crippen molar-refractivity contribution in [1.29, 1.82) is 5.41 Å². The van der Waals surface area contributed by atoms with Gasteiger partial charge in [-0.25, -0.2) is 0 Å². The van der Waals surface area contributed by atoms with Crippen LogP contribution in [0.4, 0.5) is 5.69 Å². The third-order valence-corrected chi connectivity index (χ3v) is 3.04. The van der Waals surface area contributed by atoms with Crippen molar-refractivity contribution in [2.45, 2.75) is 19.3 Å². The number of ether oxygens (including phenoxy) is 1. The summed E-state index contributed by atoms with van der Waals surface area (Å²) in [6.07, 6.45) is 3.03. The minimum Gasteiger partial charge on any atom is -0.495 e. The van der Waals surface area contributed by atoms with Crippen LogP contribution in [0.5, 0.6) is 5.75 Å². The van der Waals surface area contributed by atoms with Crippen LogP contribution >= 0.6 is 11.6 Å². The molecule has 0 unspecified atom stereocenters. The lowest BCUT2D eigenvalue weighted by Gasteiger charge is -2.30. The second-order valence-corrected chi connectivity index (χ2v) is 4.31. The predicted molar refractivity (Wildman–Crippen MR) is 66.9 cm³/mol. The summed E-state index contributed by atoms with van der Waals surface area (Å²) < 4.78 is 5.30. The van der Waals surface area contributed by atoms with Gasteiger partial charge in [0, 0.05) is 18.0 Å². The van der Waals surface area contributed by atoms with Gasteiger partial charge in [0.05, 0.1) is 12.8 Å². The molecule has 1 aliphatic heterocycles. The molecule has 1 aromatic rings. The molecule has 0 bridgehead atoms. The van der Waals surface area contributed by atoms with Crippen molar-refractivity contribution >= 4 is 23.1 Å². The molecular weight excluding hydrogens is 224 g/mol. The number of hydrogen-bond acceptors (Lipinski definition) is 2. The van der Waals surface area contributed by atoms with Gasteiger partial charge < -0.3 is 9.64 Å². The minimum atomic E-state index is 0.645. The molecule has 1 heterocycles. The van der Waals surface area contributed by atoms with Crippen LogP contribution < -0.4 is 9.64 Å². The number of anilines is 1. The molecule has 1 N–H and O–H groups in total. The minimum absolute atomic E-state index is 0.645. The molecule has 0 amide bonds. The summed E-state index contributed by atoms with van der Waals surface area (Å²) in [6.45, 7) is 0.871. The quantitative estimate of drug-likeness (QED) is 0.858. The van der Waals surface area contributed by atoms with E-state index in [9.17, 15) is 0 Å². The smallest absolute Gasteiger partial charge is 0.142 e. The zero-order valence-corrected chi connectivity index (χ0v) is 10.0. The van der Waals surface area contributed by atoms with E-state index in [2.05, 4.69) is 0 Å². The number of nitrogens with zero attached hydrogens (tertiary/aromatic N) is 1. The van der Waals surface area contributed by atoms with Crippen LogP contribution in [0.2, 0.25) is 5.02 Å². The topological polar surface area (TPSA) is 36.3 Å². The molecule has 1 saturated heterocycles. The van der Waals surface area contributed by atoms with E-state index in [0.717, 1.165) is 37.2 Å². The summed E-state index contributed by atoms with van der Waals surface area (Å²) in [5, 5.41) is 8.63. The van der Waals surface area contributed by atoms with Crippen molar-refractivity contribution in [2.75, 3.05) is 18.6 Å². The van der Waals surface area contributed by atoms with Gasteiger partial charge in [0.25, 0.3) is 0 Å². The Bertz CT molecular complexity index is 406. The summed E-state index contributed by atoms with van der Waals surface area (Å²) in [4.78, 5) is 1.98. The summed E-state index contributed by atoms with van der Waals surface area (Å²) in [7, 11) is 1.64. The summed E-state index contributed by atoms with van der Waals surface area (Å²) in [6, 6.07) is 5.51. The van der Waals surface area contributed by atoms with Gasteiger partial charge in [-0.1, -0.05) is 11.6 Å². The standard InChI is InChI=1S/C12H15ClN2O/c1-16-11-6-5-9(13)8-10(11)15-7-3-2-4-12(15)14/h5-6,8,14H,2-4,7H2,1H3. The monoisotopic (exact) mass is 238 g/mol. The normalized spacial score (nSPS) is 16.4. The molecule has 1 fully saturated rings. The van der Waals surface area contributed by atoms with E-state index in [-0.39, 0.29) is 0 Å². The number of amidine groups is 1. The molecule has 0 aliphatic carbocycles. The molecule has 86 valence electrons. The van der Waals surface area contributed by atoms with Crippen molar-refractivity contribution in [1.82, 2.24) is 0 Å². The fourth-order valence-corrected chi connectivity index (χ4v) is 2.14. The molecule has 1 aromatic carbocycles. The fourth-order valence-electron chi connectivity index (χ4n) is 1.97. The van der Waals surface area contributed by atoms with Gasteiger partial charge in [-0.2, -0.15) is 0 Å². The Morgan fingerprint density at radius 3 is 2.88 bits per heavy atom. The van der Waals surface area contributed by atoms with E-state index < -0.39 is 0 Å². The largest absolute Gasteiger partial charge is 0.495 e. The van der Waals surface area contributed by atoms with Crippen LogP contribution in [0, 0.1) is 5.41 Å². The Balaban J connectivity index is 2.36. The summed E-state index contributed by atoms with van der Waals surface area (Å²) in [5.74, 6) is 1.42. The number of benzene rings is 1. The van der Waals surface area contributed by atoms with Crippen molar-refractivity contribution in [3.63, 3.8) is 0 Å². The highest BCUT2D eigenvalue weighted by Crippen LogP contribution is 2.33. The Morgan fingerprint density at radius 2 is 2.19 bits per heavy atom. The lowest BCUT2D eigenvalue weighted by molar-refractivity contribution is 0.415. The molecule has 0 saturated carbocycles. The van der Waals surface area contributed by atoms with Gasteiger partial charge in [0.2, 0.25) is 0 Å². The van der Waals surface area contributed by atoms with Crippen LogP contribution in [0.1, 0.15) is 19.3 Å². The lowest BCUT2D eigenvalue weighted by atomic mass is 10.1. The number of piperidine rings is 1. The van der Waals surface area contributed by atoms with Crippen LogP contribution in [0.15, 0.2) is 18.2 Å². The number of halogens is 1. The Kier molecular flexibility index (Phi) is 3.34. The Morgan fingerprint density at radius 1 is 1.38 bits per heavy atom. The van der Waals surface area contributed by atoms with Crippen LogP contribution in [-0.4, -0.2) is 19.5 Å². The summed E-state index contributed by atoms with van der Waals surface area (Å²) in [5.41, 5.74) is 0.903. The molecule has 1 aliphatic rings. The van der Waals surface area contributed by atoms with Gasteiger partial charge >= 0.3 is 0 Å². The first kappa shape index (κ1) is 11.3. The maximum absolute atomic E-state index is 7.95. The maximum atomic E-state index is 7.95. The van der Waals surface area contributed by atoms with Crippen molar-refractivity contribution < 1.29 is 4.74 Å². The van der Waals surface area contributed by atoms with Crippen molar-refractivity contribution in [3.05, 3.63) is 23.2 Å². The predicted octanol–water partition coefficient (Wildman–Crippen LogP) is 3.32. The van der Waals surface area contributed by atoms with E-state index in [1.54, 1.807) is 13.2 Å². The van der Waals surface area contributed by atoms with Crippen molar-refractivity contribution in [3.8, 4) is 5.75 Å². The lowest BCUT2D eigenvalue weighted by Crippen LogP contribution is -2.34. The molecule has 3 nitrogen and oxygen atoms in total. The molecule has 16 heavy (non-hydrogen) atoms. The van der Waals surface area contributed by atoms with E-state index in [1.165, 1.54) is 0 Å². The van der Waals surface area contributed by atoms with E-state index in [1.807, 2.05) is 17.0 Å². The first-order valence-corrected chi connectivity index (χ1v) is 5.78. The summed E-state index contributed by atoms with van der Waals surface area (Å²) >= 11 is 5.99. The number of rotatable bonds is 2. The van der Waals surface area contributed by atoms with Gasteiger partial charge in [0.15, 0.2) is 0 Å². The number of methoxy groups -OCH3 is 1. The van der Waals surface area contributed by atoms with Gasteiger partial charge in [0.1, 0.15) is 11.6 Å². The average molecular weight is 239 g/mol. The molecule has 0 aromatic heterocycles. The highest BCUT2D eigenvalue weighted by atomic mass is 35.5. The number of hydrogen-bond donors (Lipinski definition) is 1. The maximum Gasteiger partial charge on any atom is 0.142 e. The van der Waals surface area contributed by atoms with Gasteiger partial charge in [-0.3, -0.25) is 5.41 Å². The molecule has 0 spiro atoms. The molecule has 0 radical (unpaired) electrons. The third-order valence-electron chi connectivity index (χ3n) is 2.80. The zero-order chi connectivity index (χ0) is 11.5. The SMILES string of the molecule is COc1ccc(Cl)cc1N1CCCCC1=N. The Hall–Kier alpha value is -1.22. The van der Waals surface area contributed by atoms with Crippen molar-refractivity contribution in [2.24, 2.45) is 0 Å². The average Bonchev–Trinajstić information content (AvgIpc) is 2.29. The third kappa shape index (κ3) is 2.14. The van der Waals surface area contributed by atoms with E-state index in [4.69, 9.17) is 21.7 Å². The van der Waals surface area contributed by atoms with E-state index >= 15 is 0 Å². The van der Waals surface area contributed by atoms with Crippen LogP contribution in [-0.2, 0) is 0 Å². The molecule has 0 atom stereocenters. The second kappa shape index (κ2) is 4.74. The first-order valence-electron chi connectivity index (χ1n) is 5.41. The first-order chi connectivity index (χ1) is 7.72. The highest BCUT2D eigenvalue weighted by Gasteiger charge is 2.19. The molecule has 2 rings (SSSR count). The Labute approximate surface area is 100 Å². The second-order valence-electron chi connectivity index (χ2n) is 3.87. The van der Waals surface area contributed by atoms with Crippen LogP contribution in [0.25, 0.3) is 0 Å². The zero-order valence-electron chi connectivity index (χ0n) is 9.29.